The second-order valence-corrected chi connectivity index (χ2v) is 4.64. The van der Waals surface area contributed by atoms with E-state index in [9.17, 15) is 13.6 Å². The minimum absolute atomic E-state index is 0.116. The number of carbonyl (C=O) groups excluding carboxylic acids is 1. The summed E-state index contributed by atoms with van der Waals surface area (Å²) in [4.78, 5) is 11.9. The predicted octanol–water partition coefficient (Wildman–Crippen LogP) is 3.56. The smallest absolute Gasteiger partial charge is 0.257 e. The molecule has 98 valence electrons. The summed E-state index contributed by atoms with van der Waals surface area (Å²) in [7, 11) is 0. The van der Waals surface area contributed by atoms with Crippen molar-refractivity contribution >= 4 is 33.2 Å². The molecule has 0 bridgehead atoms. The summed E-state index contributed by atoms with van der Waals surface area (Å²) in [6, 6.07) is 8.48. The normalized spacial score (nSPS) is 10.3. The molecule has 2 aromatic rings. The summed E-state index contributed by atoms with van der Waals surface area (Å²) in [5.74, 6) is -2.82. The number of nitrogens with two attached hydrogens (primary N) is 1. The molecule has 3 nitrogen and oxygen atoms in total. The highest BCUT2D eigenvalue weighted by molar-refractivity contribution is 9.10. The molecule has 0 atom stereocenters. The van der Waals surface area contributed by atoms with E-state index in [1.165, 1.54) is 0 Å². The van der Waals surface area contributed by atoms with Crippen molar-refractivity contribution in [3.05, 3.63) is 58.1 Å². The molecule has 0 unspecified atom stereocenters. The molecule has 6 heteroatoms. The van der Waals surface area contributed by atoms with Crippen molar-refractivity contribution in [3.8, 4) is 0 Å². The minimum atomic E-state index is -1.12. The number of anilines is 2. The first-order valence-corrected chi connectivity index (χ1v) is 6.08. The Morgan fingerprint density at radius 3 is 2.47 bits per heavy atom. The molecule has 0 aliphatic rings. The molecule has 0 aliphatic heterocycles. The van der Waals surface area contributed by atoms with Crippen LogP contribution < -0.4 is 11.1 Å². The van der Waals surface area contributed by atoms with Gasteiger partial charge < -0.3 is 11.1 Å². The number of para-hydroxylation sites is 1. The first-order chi connectivity index (χ1) is 8.99. The highest BCUT2D eigenvalue weighted by Crippen LogP contribution is 2.23. The van der Waals surface area contributed by atoms with Gasteiger partial charge in [-0.15, -0.1) is 0 Å². The standard InChI is InChI=1S/C13H9BrF2N2O/c14-8-3-1-2-4-12(8)18-13(19)7-5-9(15)10(16)6-11(7)17/h1-6H,17H2,(H,18,19). The summed E-state index contributed by atoms with van der Waals surface area (Å²) >= 11 is 3.26. The Hall–Kier alpha value is -1.95. The first kappa shape index (κ1) is 13.5. The molecule has 0 aromatic heterocycles. The van der Waals surface area contributed by atoms with Gasteiger partial charge in [0.1, 0.15) is 0 Å². The molecule has 2 rings (SSSR count). The van der Waals surface area contributed by atoms with Crippen LogP contribution in [0.3, 0.4) is 0 Å². The average Bonchev–Trinajstić information content (AvgIpc) is 2.36. The van der Waals surface area contributed by atoms with Gasteiger partial charge in [-0.25, -0.2) is 8.78 Å². The predicted molar refractivity (Wildman–Crippen MR) is 72.9 cm³/mol. The molecule has 0 spiro atoms. The van der Waals surface area contributed by atoms with Crippen LogP contribution in [0, 0.1) is 11.6 Å². The Morgan fingerprint density at radius 1 is 1.16 bits per heavy atom. The average molecular weight is 327 g/mol. The van der Waals surface area contributed by atoms with E-state index >= 15 is 0 Å². The van der Waals surface area contributed by atoms with E-state index in [0.29, 0.717) is 10.2 Å². The molecule has 2 aromatic carbocycles. The van der Waals surface area contributed by atoms with Crippen molar-refractivity contribution in [1.29, 1.82) is 0 Å². The summed E-state index contributed by atoms with van der Waals surface area (Å²) in [5.41, 5.74) is 5.78. The molecule has 19 heavy (non-hydrogen) atoms. The van der Waals surface area contributed by atoms with Gasteiger partial charge in [0.15, 0.2) is 11.6 Å². The summed E-state index contributed by atoms with van der Waals surface area (Å²) in [6.45, 7) is 0. The number of benzene rings is 2. The van der Waals surface area contributed by atoms with Crippen molar-refractivity contribution in [3.63, 3.8) is 0 Å². The van der Waals surface area contributed by atoms with Crippen molar-refractivity contribution in [1.82, 2.24) is 0 Å². The van der Waals surface area contributed by atoms with Gasteiger partial charge in [0, 0.05) is 16.2 Å². The van der Waals surface area contributed by atoms with Crippen molar-refractivity contribution in [2.75, 3.05) is 11.1 Å². The van der Waals surface area contributed by atoms with Crippen LogP contribution >= 0.6 is 15.9 Å². The Morgan fingerprint density at radius 2 is 1.79 bits per heavy atom. The van der Waals surface area contributed by atoms with Gasteiger partial charge in [0.05, 0.1) is 11.3 Å². The fourth-order valence-corrected chi connectivity index (χ4v) is 1.89. The number of hydrogen-bond acceptors (Lipinski definition) is 2. The summed E-state index contributed by atoms with van der Waals surface area (Å²) in [5, 5.41) is 2.56. The van der Waals surface area contributed by atoms with Crippen LogP contribution in [0.25, 0.3) is 0 Å². The zero-order valence-corrected chi connectivity index (χ0v) is 11.2. The van der Waals surface area contributed by atoms with Crippen LogP contribution in [0.2, 0.25) is 0 Å². The van der Waals surface area contributed by atoms with Gasteiger partial charge in [0.25, 0.3) is 5.91 Å². The van der Waals surface area contributed by atoms with Crippen LogP contribution in [0.15, 0.2) is 40.9 Å². The Kier molecular flexibility index (Phi) is 3.80. The third-order valence-electron chi connectivity index (χ3n) is 2.46. The molecular formula is C13H9BrF2N2O. The van der Waals surface area contributed by atoms with Gasteiger partial charge in [-0.3, -0.25) is 4.79 Å². The Balaban J connectivity index is 2.31. The van der Waals surface area contributed by atoms with Crippen molar-refractivity contribution in [2.45, 2.75) is 0 Å². The number of halogens is 3. The lowest BCUT2D eigenvalue weighted by Gasteiger charge is -2.09. The molecule has 0 saturated heterocycles. The van der Waals surface area contributed by atoms with Crippen LogP contribution in [-0.4, -0.2) is 5.91 Å². The molecule has 0 fully saturated rings. The SMILES string of the molecule is Nc1cc(F)c(F)cc1C(=O)Nc1ccccc1Br. The second-order valence-electron chi connectivity index (χ2n) is 3.79. The zero-order chi connectivity index (χ0) is 14.0. The quantitative estimate of drug-likeness (QED) is 0.829. The lowest BCUT2D eigenvalue weighted by molar-refractivity contribution is 0.102. The van der Waals surface area contributed by atoms with Crippen LogP contribution in [0.5, 0.6) is 0 Å². The highest BCUT2D eigenvalue weighted by atomic mass is 79.9. The van der Waals surface area contributed by atoms with Gasteiger partial charge in [-0.1, -0.05) is 12.1 Å². The van der Waals surface area contributed by atoms with Gasteiger partial charge >= 0.3 is 0 Å². The van der Waals surface area contributed by atoms with E-state index in [1.807, 2.05) is 0 Å². The number of nitrogens with one attached hydrogen (secondary N) is 1. The lowest BCUT2D eigenvalue weighted by Crippen LogP contribution is -2.15. The fourth-order valence-electron chi connectivity index (χ4n) is 1.51. The molecule has 0 heterocycles. The van der Waals surface area contributed by atoms with E-state index in [2.05, 4.69) is 21.2 Å². The van der Waals surface area contributed by atoms with Crippen molar-refractivity contribution < 1.29 is 13.6 Å². The maximum Gasteiger partial charge on any atom is 0.257 e. The number of carbonyl (C=O) groups is 1. The number of nitrogen functional groups attached to an aromatic ring is 1. The largest absolute Gasteiger partial charge is 0.398 e. The van der Waals surface area contributed by atoms with Crippen molar-refractivity contribution in [2.24, 2.45) is 0 Å². The molecule has 0 radical (unpaired) electrons. The maximum absolute atomic E-state index is 13.1. The molecule has 0 saturated carbocycles. The summed E-state index contributed by atoms with van der Waals surface area (Å²) < 4.78 is 26.7. The van der Waals surface area contributed by atoms with Gasteiger partial charge in [0.2, 0.25) is 0 Å². The van der Waals surface area contributed by atoms with Crippen LogP contribution in [0.4, 0.5) is 20.2 Å². The van der Waals surface area contributed by atoms with E-state index in [0.717, 1.165) is 12.1 Å². The zero-order valence-electron chi connectivity index (χ0n) is 9.58. The van der Waals surface area contributed by atoms with E-state index in [1.54, 1.807) is 24.3 Å². The Bertz CT molecular complexity index is 647. The molecule has 1 amide bonds. The summed E-state index contributed by atoms with van der Waals surface area (Å²) in [6.07, 6.45) is 0. The van der Waals surface area contributed by atoms with Crippen LogP contribution in [-0.2, 0) is 0 Å². The fraction of sp³-hybridized carbons (Fsp3) is 0. The first-order valence-electron chi connectivity index (χ1n) is 5.29. The number of rotatable bonds is 2. The topological polar surface area (TPSA) is 55.1 Å². The maximum atomic E-state index is 13.1. The number of hydrogen-bond donors (Lipinski definition) is 2. The minimum Gasteiger partial charge on any atom is -0.398 e. The molecule has 0 aliphatic carbocycles. The van der Waals surface area contributed by atoms with Crippen LogP contribution in [0.1, 0.15) is 10.4 Å². The third-order valence-corrected chi connectivity index (χ3v) is 3.15. The Labute approximate surface area is 116 Å². The lowest BCUT2D eigenvalue weighted by atomic mass is 10.1. The third kappa shape index (κ3) is 2.90. The molecule has 3 N–H and O–H groups in total. The number of amides is 1. The highest BCUT2D eigenvalue weighted by Gasteiger charge is 2.15. The van der Waals surface area contributed by atoms with E-state index in [4.69, 9.17) is 5.73 Å². The van der Waals surface area contributed by atoms with E-state index in [-0.39, 0.29) is 11.3 Å². The van der Waals surface area contributed by atoms with E-state index < -0.39 is 17.5 Å². The monoisotopic (exact) mass is 326 g/mol. The van der Waals surface area contributed by atoms with Gasteiger partial charge in [-0.2, -0.15) is 0 Å². The molecular weight excluding hydrogens is 318 g/mol. The van der Waals surface area contributed by atoms with Gasteiger partial charge in [-0.05, 0) is 34.1 Å². The second kappa shape index (κ2) is 5.36.